The first-order chi connectivity index (χ1) is 9.34. The first-order valence-electron chi connectivity index (χ1n) is 6.69. The number of hydrogen-bond donors (Lipinski definition) is 0. The lowest BCUT2D eigenvalue weighted by molar-refractivity contribution is 0.936. The maximum absolute atomic E-state index is 2.38. The molecule has 0 unspecified atom stereocenters. The Balaban J connectivity index is 1.96. The third-order valence-electron chi connectivity index (χ3n) is 3.97. The summed E-state index contributed by atoms with van der Waals surface area (Å²) in [7, 11) is 0. The van der Waals surface area contributed by atoms with Crippen molar-refractivity contribution < 1.29 is 0 Å². The summed E-state index contributed by atoms with van der Waals surface area (Å²) in [5, 5.41) is 0. The Morgan fingerprint density at radius 3 is 2.42 bits per heavy atom. The van der Waals surface area contributed by atoms with E-state index >= 15 is 0 Å². The van der Waals surface area contributed by atoms with Crippen molar-refractivity contribution in [2.75, 3.05) is 0 Å². The lowest BCUT2D eigenvalue weighted by Crippen LogP contribution is -2.00. The van der Waals surface area contributed by atoms with Crippen LogP contribution < -0.4 is 0 Å². The first-order valence-corrected chi connectivity index (χ1v) is 6.69. The van der Waals surface area contributed by atoms with Gasteiger partial charge in [0.05, 0.1) is 0 Å². The normalized spacial score (nSPS) is 12.3. The van der Waals surface area contributed by atoms with Crippen molar-refractivity contribution in [3.63, 3.8) is 0 Å². The highest BCUT2D eigenvalue weighted by atomic mass is 15.0. The zero-order valence-corrected chi connectivity index (χ0v) is 10.9. The number of fused-ring (bicyclic) bond motifs is 3. The second-order valence-corrected chi connectivity index (χ2v) is 5.15. The molecule has 1 nitrogen and oxygen atoms in total. The van der Waals surface area contributed by atoms with E-state index in [-0.39, 0.29) is 0 Å². The fourth-order valence-electron chi connectivity index (χ4n) is 3.15. The van der Waals surface area contributed by atoms with Gasteiger partial charge < -0.3 is 4.57 Å². The third kappa shape index (κ3) is 1.48. The Bertz CT molecular complexity index is 751. The SMILES string of the molecule is Cc1cc2c(n1-c1ccccc1)Cc1ccccc1-2. The number of rotatable bonds is 1. The molecule has 0 spiro atoms. The Kier molecular flexibility index (Phi) is 2.16. The van der Waals surface area contributed by atoms with Crippen LogP contribution in [0.4, 0.5) is 0 Å². The van der Waals surface area contributed by atoms with Crippen LogP contribution in [0, 0.1) is 6.92 Å². The van der Waals surface area contributed by atoms with E-state index in [1.807, 2.05) is 0 Å². The van der Waals surface area contributed by atoms with Gasteiger partial charge in [-0.15, -0.1) is 0 Å². The summed E-state index contributed by atoms with van der Waals surface area (Å²) >= 11 is 0. The van der Waals surface area contributed by atoms with Crippen molar-refractivity contribution in [2.45, 2.75) is 13.3 Å². The van der Waals surface area contributed by atoms with E-state index in [2.05, 4.69) is 72.2 Å². The number of hydrogen-bond acceptors (Lipinski definition) is 0. The van der Waals surface area contributed by atoms with Crippen LogP contribution in [-0.4, -0.2) is 4.57 Å². The minimum Gasteiger partial charge on any atom is -0.317 e. The molecular weight excluding hydrogens is 230 g/mol. The fraction of sp³-hybridized carbons (Fsp3) is 0.111. The molecule has 0 aliphatic heterocycles. The molecule has 0 bridgehead atoms. The average Bonchev–Trinajstić information content (AvgIpc) is 2.94. The standard InChI is InChI=1S/C18H15N/c1-13-11-17-16-10-6-5-7-14(16)12-18(17)19(13)15-8-3-2-4-9-15/h2-11H,12H2,1H3. The van der Waals surface area contributed by atoms with Gasteiger partial charge in [-0.05, 0) is 36.2 Å². The molecule has 1 aliphatic rings. The summed E-state index contributed by atoms with van der Waals surface area (Å²) in [5.41, 5.74) is 8.23. The van der Waals surface area contributed by atoms with Crippen molar-refractivity contribution in [1.82, 2.24) is 4.57 Å². The molecule has 0 saturated heterocycles. The van der Waals surface area contributed by atoms with Crippen LogP contribution in [-0.2, 0) is 6.42 Å². The van der Waals surface area contributed by atoms with E-state index in [1.54, 1.807) is 0 Å². The van der Waals surface area contributed by atoms with Gasteiger partial charge in [-0.2, -0.15) is 0 Å². The van der Waals surface area contributed by atoms with E-state index in [0.29, 0.717) is 0 Å². The molecule has 92 valence electrons. The van der Waals surface area contributed by atoms with Gasteiger partial charge in [-0.3, -0.25) is 0 Å². The molecular formula is C18H15N. The molecule has 1 heteroatoms. The topological polar surface area (TPSA) is 4.93 Å². The van der Waals surface area contributed by atoms with Crippen molar-refractivity contribution in [3.05, 3.63) is 77.6 Å². The van der Waals surface area contributed by atoms with Gasteiger partial charge in [0, 0.05) is 29.1 Å². The molecule has 0 radical (unpaired) electrons. The molecule has 0 saturated carbocycles. The van der Waals surface area contributed by atoms with Crippen LogP contribution >= 0.6 is 0 Å². The Morgan fingerprint density at radius 1 is 0.842 bits per heavy atom. The number of aryl methyl sites for hydroxylation is 1. The van der Waals surface area contributed by atoms with Gasteiger partial charge in [-0.1, -0.05) is 42.5 Å². The molecule has 1 heterocycles. The highest BCUT2D eigenvalue weighted by Gasteiger charge is 2.23. The fourth-order valence-corrected chi connectivity index (χ4v) is 3.15. The molecule has 1 aromatic heterocycles. The van der Waals surface area contributed by atoms with Crippen molar-refractivity contribution in [3.8, 4) is 16.8 Å². The van der Waals surface area contributed by atoms with Gasteiger partial charge in [0.1, 0.15) is 0 Å². The lowest BCUT2D eigenvalue weighted by atomic mass is 10.1. The molecule has 0 amide bonds. The minimum atomic E-state index is 1.04. The van der Waals surface area contributed by atoms with E-state index in [1.165, 1.54) is 33.8 Å². The molecule has 0 atom stereocenters. The summed E-state index contributed by atoms with van der Waals surface area (Å²) in [6.07, 6.45) is 1.04. The van der Waals surface area contributed by atoms with Gasteiger partial charge >= 0.3 is 0 Å². The third-order valence-corrected chi connectivity index (χ3v) is 3.97. The van der Waals surface area contributed by atoms with Crippen LogP contribution in [0.25, 0.3) is 16.8 Å². The Labute approximate surface area is 113 Å². The monoisotopic (exact) mass is 245 g/mol. The summed E-state index contributed by atoms with van der Waals surface area (Å²) in [4.78, 5) is 0. The number of benzene rings is 2. The van der Waals surface area contributed by atoms with Crippen molar-refractivity contribution in [2.24, 2.45) is 0 Å². The maximum atomic E-state index is 2.38. The van der Waals surface area contributed by atoms with Crippen molar-refractivity contribution >= 4 is 0 Å². The quantitative estimate of drug-likeness (QED) is 0.469. The predicted molar refractivity (Wildman–Crippen MR) is 78.7 cm³/mol. The molecule has 19 heavy (non-hydrogen) atoms. The van der Waals surface area contributed by atoms with E-state index in [9.17, 15) is 0 Å². The lowest BCUT2D eigenvalue weighted by Gasteiger charge is -2.10. The molecule has 0 fully saturated rings. The summed E-state index contributed by atoms with van der Waals surface area (Å²) in [5.74, 6) is 0. The average molecular weight is 245 g/mol. The minimum absolute atomic E-state index is 1.04. The van der Waals surface area contributed by atoms with E-state index in [0.717, 1.165) is 6.42 Å². The Hall–Kier alpha value is -2.28. The zero-order chi connectivity index (χ0) is 12.8. The van der Waals surface area contributed by atoms with Crippen LogP contribution in [0.3, 0.4) is 0 Å². The molecule has 0 N–H and O–H groups in total. The van der Waals surface area contributed by atoms with Crippen LogP contribution in [0.1, 0.15) is 17.0 Å². The molecule has 4 rings (SSSR count). The van der Waals surface area contributed by atoms with Gasteiger partial charge in [0.2, 0.25) is 0 Å². The molecule has 3 aromatic rings. The number of nitrogens with zero attached hydrogens (tertiary/aromatic N) is 1. The zero-order valence-electron chi connectivity index (χ0n) is 10.9. The van der Waals surface area contributed by atoms with Crippen LogP contribution in [0.15, 0.2) is 60.7 Å². The van der Waals surface area contributed by atoms with E-state index < -0.39 is 0 Å². The second-order valence-electron chi connectivity index (χ2n) is 5.15. The number of para-hydroxylation sites is 1. The predicted octanol–water partition coefficient (Wildman–Crippen LogP) is 4.36. The summed E-state index contributed by atoms with van der Waals surface area (Å²) in [6, 6.07) is 21.7. The Morgan fingerprint density at radius 2 is 1.58 bits per heavy atom. The van der Waals surface area contributed by atoms with Gasteiger partial charge in [0.15, 0.2) is 0 Å². The smallest absolute Gasteiger partial charge is 0.0455 e. The van der Waals surface area contributed by atoms with Crippen LogP contribution in [0.2, 0.25) is 0 Å². The highest BCUT2D eigenvalue weighted by Crippen LogP contribution is 2.39. The first kappa shape index (κ1) is 10.6. The summed E-state index contributed by atoms with van der Waals surface area (Å²) in [6.45, 7) is 2.19. The van der Waals surface area contributed by atoms with Crippen molar-refractivity contribution in [1.29, 1.82) is 0 Å². The summed E-state index contributed by atoms with van der Waals surface area (Å²) < 4.78 is 2.38. The highest BCUT2D eigenvalue weighted by molar-refractivity contribution is 5.77. The van der Waals surface area contributed by atoms with Gasteiger partial charge in [-0.25, -0.2) is 0 Å². The van der Waals surface area contributed by atoms with Gasteiger partial charge in [0.25, 0.3) is 0 Å². The molecule has 2 aromatic carbocycles. The largest absolute Gasteiger partial charge is 0.317 e. The van der Waals surface area contributed by atoms with Crippen LogP contribution in [0.5, 0.6) is 0 Å². The number of aromatic nitrogens is 1. The van der Waals surface area contributed by atoms with E-state index in [4.69, 9.17) is 0 Å². The molecule has 1 aliphatic carbocycles. The maximum Gasteiger partial charge on any atom is 0.0455 e. The second kappa shape index (κ2) is 3.86.